The summed E-state index contributed by atoms with van der Waals surface area (Å²) in [6.07, 6.45) is 0.547. The van der Waals surface area contributed by atoms with E-state index in [0.717, 1.165) is 5.56 Å². The number of amides is 2. The standard InChI is InChI=1S/C23H27Cl3N2O2/c1-5-20(22(30)27-23(2,3)4)28(14-16-10-11-17(24)13-19(16)26)21(29)12-15-8-6-7-9-18(15)25/h6-11,13,20H,5,12,14H2,1-4H3,(H,27,30)/t20-/m0/s1. The van der Waals surface area contributed by atoms with Gasteiger partial charge in [-0.2, -0.15) is 0 Å². The molecule has 162 valence electrons. The molecule has 0 fully saturated rings. The van der Waals surface area contributed by atoms with Crippen LogP contribution in [0.5, 0.6) is 0 Å². The summed E-state index contributed by atoms with van der Waals surface area (Å²) in [6.45, 7) is 7.79. The predicted molar refractivity (Wildman–Crippen MR) is 124 cm³/mol. The molecule has 0 saturated heterocycles. The van der Waals surface area contributed by atoms with Crippen LogP contribution in [-0.2, 0) is 22.6 Å². The first kappa shape index (κ1) is 24.5. The molecule has 2 aromatic rings. The molecule has 2 amide bonds. The van der Waals surface area contributed by atoms with Gasteiger partial charge in [-0.05, 0) is 56.5 Å². The number of hydrogen-bond acceptors (Lipinski definition) is 2. The van der Waals surface area contributed by atoms with Crippen molar-refractivity contribution in [1.29, 1.82) is 0 Å². The van der Waals surface area contributed by atoms with Crippen LogP contribution in [-0.4, -0.2) is 28.3 Å². The van der Waals surface area contributed by atoms with Crippen LogP contribution in [0.25, 0.3) is 0 Å². The second-order valence-electron chi connectivity index (χ2n) is 8.19. The summed E-state index contributed by atoms with van der Waals surface area (Å²) in [5.41, 5.74) is 1.01. The molecule has 0 heterocycles. The second kappa shape index (κ2) is 10.5. The van der Waals surface area contributed by atoms with E-state index in [1.165, 1.54) is 0 Å². The molecule has 0 aliphatic heterocycles. The van der Waals surface area contributed by atoms with Gasteiger partial charge in [0.25, 0.3) is 0 Å². The topological polar surface area (TPSA) is 49.4 Å². The minimum absolute atomic E-state index is 0.0875. The molecule has 0 saturated carbocycles. The highest BCUT2D eigenvalue weighted by atomic mass is 35.5. The molecule has 0 aliphatic carbocycles. The van der Waals surface area contributed by atoms with Gasteiger partial charge in [0.15, 0.2) is 0 Å². The van der Waals surface area contributed by atoms with Crippen LogP contribution in [0.3, 0.4) is 0 Å². The molecule has 7 heteroatoms. The highest BCUT2D eigenvalue weighted by Gasteiger charge is 2.31. The normalized spacial score (nSPS) is 12.4. The minimum atomic E-state index is -0.647. The molecule has 0 aliphatic rings. The third-order valence-electron chi connectivity index (χ3n) is 4.54. The molecule has 30 heavy (non-hydrogen) atoms. The number of carbonyl (C=O) groups excluding carboxylic acids is 2. The molecule has 1 N–H and O–H groups in total. The van der Waals surface area contributed by atoms with Crippen LogP contribution < -0.4 is 5.32 Å². The Labute approximate surface area is 193 Å². The monoisotopic (exact) mass is 468 g/mol. The third-order valence-corrected chi connectivity index (χ3v) is 5.50. The van der Waals surface area contributed by atoms with Gasteiger partial charge in [-0.1, -0.05) is 66.0 Å². The fraction of sp³-hybridized carbons (Fsp3) is 0.391. The van der Waals surface area contributed by atoms with Crippen LogP contribution >= 0.6 is 34.8 Å². The number of benzene rings is 2. The summed E-state index contributed by atoms with van der Waals surface area (Å²) in [7, 11) is 0. The average Bonchev–Trinajstić information content (AvgIpc) is 2.63. The summed E-state index contributed by atoms with van der Waals surface area (Å²) in [5.74, 6) is -0.410. The zero-order valence-corrected chi connectivity index (χ0v) is 19.9. The van der Waals surface area contributed by atoms with Gasteiger partial charge in [-0.15, -0.1) is 0 Å². The van der Waals surface area contributed by atoms with Crippen LogP contribution in [0.1, 0.15) is 45.2 Å². The second-order valence-corrected chi connectivity index (χ2v) is 9.44. The van der Waals surface area contributed by atoms with Gasteiger partial charge in [0.1, 0.15) is 6.04 Å². The molecule has 4 nitrogen and oxygen atoms in total. The van der Waals surface area contributed by atoms with Crippen LogP contribution in [0, 0.1) is 0 Å². The Morgan fingerprint density at radius 2 is 1.67 bits per heavy atom. The molecular formula is C23H27Cl3N2O2. The first-order chi connectivity index (χ1) is 14.0. The van der Waals surface area contributed by atoms with Crippen molar-refractivity contribution in [3.05, 3.63) is 68.7 Å². The lowest BCUT2D eigenvalue weighted by atomic mass is 10.0. The molecule has 2 aromatic carbocycles. The van der Waals surface area contributed by atoms with Gasteiger partial charge in [-0.3, -0.25) is 9.59 Å². The van der Waals surface area contributed by atoms with E-state index in [4.69, 9.17) is 34.8 Å². The van der Waals surface area contributed by atoms with Gasteiger partial charge in [0, 0.05) is 27.2 Å². The SMILES string of the molecule is CC[C@@H](C(=O)NC(C)(C)C)N(Cc1ccc(Cl)cc1Cl)C(=O)Cc1ccccc1Cl. The van der Waals surface area contributed by atoms with E-state index in [1.54, 1.807) is 29.2 Å². The maximum Gasteiger partial charge on any atom is 0.243 e. The van der Waals surface area contributed by atoms with Crippen LogP contribution in [0.15, 0.2) is 42.5 Å². The average molecular weight is 470 g/mol. The van der Waals surface area contributed by atoms with Crippen molar-refractivity contribution in [2.24, 2.45) is 0 Å². The van der Waals surface area contributed by atoms with Gasteiger partial charge in [-0.25, -0.2) is 0 Å². The first-order valence-electron chi connectivity index (χ1n) is 9.80. The lowest BCUT2D eigenvalue weighted by molar-refractivity contribution is -0.141. The number of nitrogens with zero attached hydrogens (tertiary/aromatic N) is 1. The van der Waals surface area contributed by atoms with E-state index in [9.17, 15) is 9.59 Å². The van der Waals surface area contributed by atoms with Gasteiger partial charge < -0.3 is 10.2 Å². The van der Waals surface area contributed by atoms with Gasteiger partial charge >= 0.3 is 0 Å². The zero-order valence-electron chi connectivity index (χ0n) is 17.6. The maximum atomic E-state index is 13.3. The summed E-state index contributed by atoms with van der Waals surface area (Å²) in [5, 5.41) is 4.45. The molecule has 0 bridgehead atoms. The maximum absolute atomic E-state index is 13.3. The minimum Gasteiger partial charge on any atom is -0.350 e. The Bertz CT molecular complexity index is 910. The third kappa shape index (κ3) is 6.90. The Hall–Kier alpha value is -1.75. The van der Waals surface area contributed by atoms with Gasteiger partial charge in [0.05, 0.1) is 6.42 Å². The smallest absolute Gasteiger partial charge is 0.243 e. The highest BCUT2D eigenvalue weighted by Crippen LogP contribution is 2.25. The molecule has 1 atom stereocenters. The summed E-state index contributed by atoms with van der Waals surface area (Å²) in [6, 6.07) is 11.7. The van der Waals surface area contributed by atoms with Crippen molar-refractivity contribution in [2.75, 3.05) is 0 Å². The predicted octanol–water partition coefficient (Wildman–Crippen LogP) is 5.91. The Balaban J connectivity index is 2.38. The lowest BCUT2D eigenvalue weighted by Gasteiger charge is -2.33. The number of nitrogens with one attached hydrogen (secondary N) is 1. The fourth-order valence-corrected chi connectivity index (χ4v) is 3.78. The number of halogens is 3. The molecule has 0 aromatic heterocycles. The molecule has 2 rings (SSSR count). The zero-order chi connectivity index (χ0) is 22.5. The first-order valence-corrected chi connectivity index (χ1v) is 10.9. The van der Waals surface area contributed by atoms with Gasteiger partial charge in [0.2, 0.25) is 11.8 Å². The van der Waals surface area contributed by atoms with Crippen molar-refractivity contribution >= 4 is 46.6 Å². The van der Waals surface area contributed by atoms with Crippen molar-refractivity contribution in [3.63, 3.8) is 0 Å². The van der Waals surface area contributed by atoms with E-state index < -0.39 is 11.6 Å². The molecule has 0 spiro atoms. The van der Waals surface area contributed by atoms with E-state index in [2.05, 4.69) is 5.32 Å². The van der Waals surface area contributed by atoms with Crippen molar-refractivity contribution in [2.45, 2.75) is 58.7 Å². The number of rotatable bonds is 7. The van der Waals surface area contributed by atoms with Crippen molar-refractivity contribution in [3.8, 4) is 0 Å². The summed E-state index contributed by atoms with van der Waals surface area (Å²) < 4.78 is 0. The Kier molecular flexibility index (Phi) is 8.60. The number of carbonyl (C=O) groups is 2. The van der Waals surface area contributed by atoms with Crippen molar-refractivity contribution in [1.82, 2.24) is 10.2 Å². The van der Waals surface area contributed by atoms with Crippen molar-refractivity contribution < 1.29 is 9.59 Å². The number of hydrogen-bond donors (Lipinski definition) is 1. The van der Waals surface area contributed by atoms with Crippen LogP contribution in [0.4, 0.5) is 0 Å². The summed E-state index contributed by atoms with van der Waals surface area (Å²) >= 11 is 18.6. The molecule has 0 unspecified atom stereocenters. The van der Waals surface area contributed by atoms with E-state index in [1.807, 2.05) is 45.9 Å². The summed E-state index contributed by atoms with van der Waals surface area (Å²) in [4.78, 5) is 27.9. The lowest BCUT2D eigenvalue weighted by Crippen LogP contribution is -2.53. The van der Waals surface area contributed by atoms with E-state index in [-0.39, 0.29) is 24.8 Å². The van der Waals surface area contributed by atoms with Crippen LogP contribution in [0.2, 0.25) is 15.1 Å². The van der Waals surface area contributed by atoms with E-state index in [0.29, 0.717) is 27.1 Å². The highest BCUT2D eigenvalue weighted by molar-refractivity contribution is 6.35. The molecule has 0 radical (unpaired) electrons. The quantitative estimate of drug-likeness (QED) is 0.548. The largest absolute Gasteiger partial charge is 0.350 e. The molecular weight excluding hydrogens is 443 g/mol. The Morgan fingerprint density at radius 3 is 2.23 bits per heavy atom. The van der Waals surface area contributed by atoms with E-state index >= 15 is 0 Å². The fourth-order valence-electron chi connectivity index (χ4n) is 3.11. The Morgan fingerprint density at radius 1 is 1.00 bits per heavy atom.